The van der Waals surface area contributed by atoms with Gasteiger partial charge in [-0.25, -0.2) is 0 Å². The van der Waals surface area contributed by atoms with Crippen LogP contribution in [0.3, 0.4) is 0 Å². The molecule has 2 aliphatic heterocycles. The van der Waals surface area contributed by atoms with Crippen molar-refractivity contribution in [2.24, 2.45) is 0 Å². The van der Waals surface area contributed by atoms with Crippen molar-refractivity contribution in [3.63, 3.8) is 0 Å². The highest BCUT2D eigenvalue weighted by Crippen LogP contribution is 2.36. The molecule has 2 nitrogen and oxygen atoms in total. The molecule has 48 heavy (non-hydrogen) atoms. The van der Waals surface area contributed by atoms with E-state index in [1.807, 2.05) is 0 Å². The van der Waals surface area contributed by atoms with E-state index in [9.17, 15) is 0 Å². The summed E-state index contributed by atoms with van der Waals surface area (Å²) < 4.78 is 0. The summed E-state index contributed by atoms with van der Waals surface area (Å²) in [5.41, 5.74) is 15.7. The summed E-state index contributed by atoms with van der Waals surface area (Å²) in [4.78, 5) is 4.93. The number of anilines is 4. The van der Waals surface area contributed by atoms with Crippen LogP contribution in [0.15, 0.2) is 121 Å². The molecule has 2 heteroatoms. The highest BCUT2D eigenvalue weighted by Gasteiger charge is 2.19. The molecule has 8 rings (SSSR count). The van der Waals surface area contributed by atoms with E-state index in [1.165, 1.54) is 90.9 Å². The molecule has 0 bridgehead atoms. The lowest BCUT2D eigenvalue weighted by atomic mass is 9.97. The number of aryl methyl sites for hydroxylation is 4. The predicted octanol–water partition coefficient (Wildman–Crippen LogP) is 12.0. The second-order valence-corrected chi connectivity index (χ2v) is 13.5. The summed E-state index contributed by atoms with van der Waals surface area (Å²) in [6, 6.07) is 45.2. The Morgan fingerprint density at radius 1 is 0.417 bits per heavy atom. The highest BCUT2D eigenvalue weighted by molar-refractivity contribution is 5.89. The lowest BCUT2D eigenvalue weighted by molar-refractivity contribution is 0.766. The quantitative estimate of drug-likeness (QED) is 0.171. The van der Waals surface area contributed by atoms with Gasteiger partial charge in [-0.05, 0) is 144 Å². The van der Waals surface area contributed by atoms with Gasteiger partial charge in [0.2, 0.25) is 0 Å². The molecule has 0 aromatic heterocycles. The van der Waals surface area contributed by atoms with Crippen LogP contribution < -0.4 is 9.80 Å². The Morgan fingerprint density at radius 2 is 0.792 bits per heavy atom. The maximum atomic E-state index is 2.46. The zero-order valence-corrected chi connectivity index (χ0v) is 28.0. The molecule has 0 aliphatic carbocycles. The Kier molecular flexibility index (Phi) is 8.16. The Labute approximate surface area is 285 Å². The second-order valence-electron chi connectivity index (χ2n) is 13.5. The first-order valence-corrected chi connectivity index (χ1v) is 17.4. The fraction of sp³-hybridized carbons (Fsp3) is 0.174. The van der Waals surface area contributed by atoms with Crippen molar-refractivity contribution in [3.8, 4) is 0 Å². The molecule has 0 N–H and O–H groups in total. The average molecular weight is 623 g/mol. The zero-order chi connectivity index (χ0) is 32.5. The van der Waals surface area contributed by atoms with Gasteiger partial charge in [0, 0.05) is 35.8 Å². The average Bonchev–Trinajstić information content (AvgIpc) is 3.13. The maximum absolute atomic E-state index is 2.46. The molecule has 0 atom stereocenters. The van der Waals surface area contributed by atoms with E-state index in [2.05, 4.69) is 169 Å². The Morgan fingerprint density at radius 3 is 1.21 bits per heavy atom. The molecule has 6 aromatic carbocycles. The third kappa shape index (κ3) is 6.31. The molecule has 0 amide bonds. The SMILES string of the molecule is Cc1ccc(N2CCCc3cc(/C=C/c4ccc5cc(/C=C/c6ccc7c(c6)CCCN7c6ccc(C)cc6)ccc5c4)ccc32)cc1. The van der Waals surface area contributed by atoms with Crippen LogP contribution in [0.4, 0.5) is 22.7 Å². The van der Waals surface area contributed by atoms with E-state index < -0.39 is 0 Å². The molecule has 0 saturated heterocycles. The standard InChI is InChI=1S/C46H42N2/c1-33-7-21-43(22-8-33)47-27-3-5-41-31-37(17-25-45(41)47)13-11-35-15-19-40-30-36(16-20-39(40)29-35)12-14-38-18-26-46-42(32-38)6-4-28-48(46)44-23-9-34(2)10-24-44/h7-26,29-32H,3-6,27-28H2,1-2H3/b13-11+,14-12+. The summed E-state index contributed by atoms with van der Waals surface area (Å²) in [7, 11) is 0. The smallest absolute Gasteiger partial charge is 0.0443 e. The molecule has 2 aliphatic rings. The molecular formula is C46H42N2. The molecule has 2 heterocycles. The van der Waals surface area contributed by atoms with Crippen LogP contribution >= 0.6 is 0 Å². The minimum absolute atomic E-state index is 1.07. The number of nitrogens with zero attached hydrogens (tertiary/aromatic N) is 2. The van der Waals surface area contributed by atoms with Crippen LogP contribution in [-0.4, -0.2) is 13.1 Å². The third-order valence-electron chi connectivity index (χ3n) is 9.96. The van der Waals surface area contributed by atoms with Gasteiger partial charge in [-0.3, -0.25) is 0 Å². The van der Waals surface area contributed by atoms with E-state index in [-0.39, 0.29) is 0 Å². The van der Waals surface area contributed by atoms with E-state index in [4.69, 9.17) is 0 Å². The summed E-state index contributed by atoms with van der Waals surface area (Å²) in [5, 5.41) is 2.52. The number of benzene rings is 6. The van der Waals surface area contributed by atoms with Crippen LogP contribution in [0.5, 0.6) is 0 Å². The van der Waals surface area contributed by atoms with E-state index in [0.29, 0.717) is 0 Å². The lowest BCUT2D eigenvalue weighted by Gasteiger charge is -2.31. The number of hydrogen-bond donors (Lipinski definition) is 0. The first-order valence-electron chi connectivity index (χ1n) is 17.4. The molecule has 0 unspecified atom stereocenters. The van der Waals surface area contributed by atoms with Gasteiger partial charge in [0.15, 0.2) is 0 Å². The van der Waals surface area contributed by atoms with Gasteiger partial charge < -0.3 is 9.80 Å². The maximum Gasteiger partial charge on any atom is 0.0443 e. The predicted molar refractivity (Wildman–Crippen MR) is 208 cm³/mol. The van der Waals surface area contributed by atoms with Crippen molar-refractivity contribution in [1.82, 2.24) is 0 Å². The minimum Gasteiger partial charge on any atom is -0.341 e. The molecule has 6 aromatic rings. The van der Waals surface area contributed by atoms with Gasteiger partial charge in [0.25, 0.3) is 0 Å². The summed E-state index contributed by atoms with van der Waals surface area (Å²) in [6.07, 6.45) is 13.6. The molecule has 0 saturated carbocycles. The monoisotopic (exact) mass is 622 g/mol. The van der Waals surface area contributed by atoms with E-state index >= 15 is 0 Å². The molecular weight excluding hydrogens is 581 g/mol. The highest BCUT2D eigenvalue weighted by atomic mass is 15.1. The van der Waals surface area contributed by atoms with Crippen LogP contribution in [0.1, 0.15) is 57.3 Å². The van der Waals surface area contributed by atoms with Gasteiger partial charge >= 0.3 is 0 Å². The van der Waals surface area contributed by atoms with Gasteiger partial charge in [0.05, 0.1) is 0 Å². The molecule has 0 spiro atoms. The van der Waals surface area contributed by atoms with Crippen molar-refractivity contribution in [2.75, 3.05) is 22.9 Å². The number of fused-ring (bicyclic) bond motifs is 3. The number of rotatable bonds is 6. The van der Waals surface area contributed by atoms with Crippen molar-refractivity contribution in [3.05, 3.63) is 166 Å². The van der Waals surface area contributed by atoms with Crippen LogP contribution in [-0.2, 0) is 12.8 Å². The van der Waals surface area contributed by atoms with Crippen molar-refractivity contribution in [2.45, 2.75) is 39.5 Å². The van der Waals surface area contributed by atoms with Gasteiger partial charge in [-0.2, -0.15) is 0 Å². The van der Waals surface area contributed by atoms with E-state index in [0.717, 1.165) is 25.9 Å². The van der Waals surface area contributed by atoms with Crippen molar-refractivity contribution in [1.29, 1.82) is 0 Å². The fourth-order valence-electron chi connectivity index (χ4n) is 7.30. The molecule has 0 fully saturated rings. The molecule has 0 radical (unpaired) electrons. The van der Waals surface area contributed by atoms with Crippen LogP contribution in [0.25, 0.3) is 35.1 Å². The van der Waals surface area contributed by atoms with Crippen molar-refractivity contribution >= 4 is 57.8 Å². The summed E-state index contributed by atoms with van der Waals surface area (Å²) >= 11 is 0. The largest absolute Gasteiger partial charge is 0.341 e. The topological polar surface area (TPSA) is 6.48 Å². The second kappa shape index (κ2) is 13.0. The van der Waals surface area contributed by atoms with E-state index in [1.54, 1.807) is 0 Å². The van der Waals surface area contributed by atoms with Gasteiger partial charge in [-0.1, -0.05) is 96.1 Å². The first kappa shape index (κ1) is 30.0. The lowest BCUT2D eigenvalue weighted by Crippen LogP contribution is -2.24. The Bertz CT molecular complexity index is 1990. The molecule has 236 valence electrons. The van der Waals surface area contributed by atoms with Gasteiger partial charge in [0.1, 0.15) is 0 Å². The fourth-order valence-corrected chi connectivity index (χ4v) is 7.30. The van der Waals surface area contributed by atoms with Crippen LogP contribution in [0, 0.1) is 13.8 Å². The van der Waals surface area contributed by atoms with Crippen LogP contribution in [0.2, 0.25) is 0 Å². The normalized spacial score (nSPS) is 14.5. The Balaban J connectivity index is 0.959. The first-order chi connectivity index (χ1) is 23.6. The Hall–Kier alpha value is -5.34. The zero-order valence-electron chi connectivity index (χ0n) is 28.0. The number of hydrogen-bond acceptors (Lipinski definition) is 2. The van der Waals surface area contributed by atoms with Gasteiger partial charge in [-0.15, -0.1) is 0 Å². The summed E-state index contributed by atoms with van der Waals surface area (Å²) in [6.45, 7) is 6.44. The minimum atomic E-state index is 1.07. The van der Waals surface area contributed by atoms with Crippen molar-refractivity contribution < 1.29 is 0 Å². The summed E-state index contributed by atoms with van der Waals surface area (Å²) in [5.74, 6) is 0. The third-order valence-corrected chi connectivity index (χ3v) is 9.96.